The third kappa shape index (κ3) is 4.69. The largest absolute Gasteiger partial charge is 0.494 e. The summed E-state index contributed by atoms with van der Waals surface area (Å²) in [6, 6.07) is 6.07. The minimum Gasteiger partial charge on any atom is -0.494 e. The van der Waals surface area contributed by atoms with Crippen molar-refractivity contribution < 1.29 is 22.7 Å². The van der Waals surface area contributed by atoms with E-state index < -0.39 is 34.6 Å². The van der Waals surface area contributed by atoms with Crippen LogP contribution in [0.3, 0.4) is 0 Å². The van der Waals surface area contributed by atoms with Gasteiger partial charge in [0.25, 0.3) is 5.91 Å². The lowest BCUT2D eigenvalue weighted by atomic mass is 9.78. The van der Waals surface area contributed by atoms with E-state index in [-0.39, 0.29) is 11.4 Å². The lowest BCUT2D eigenvalue weighted by Crippen LogP contribution is -2.18. The van der Waals surface area contributed by atoms with Crippen LogP contribution in [0.1, 0.15) is 54.6 Å². The number of nitrogens with one attached hydrogen (secondary N) is 1. The highest BCUT2D eigenvalue weighted by Gasteiger charge is 2.25. The Morgan fingerprint density at radius 2 is 1.88 bits per heavy atom. The molecule has 1 aromatic carbocycles. The molecule has 1 N–H and O–H groups in total. The number of carbonyl (C=O) groups excluding carboxylic acids is 1. The Hall–Kier alpha value is -3.42. The average Bonchev–Trinajstić information content (AvgIpc) is 2.80. The van der Waals surface area contributed by atoms with E-state index in [0.29, 0.717) is 17.5 Å². The van der Waals surface area contributed by atoms with Crippen molar-refractivity contribution in [2.45, 2.75) is 38.5 Å². The van der Waals surface area contributed by atoms with E-state index in [9.17, 15) is 18.0 Å². The summed E-state index contributed by atoms with van der Waals surface area (Å²) in [5, 5.41) is 2.79. The molecule has 0 radical (unpaired) electrons. The molecule has 33 heavy (non-hydrogen) atoms. The number of amides is 1. The van der Waals surface area contributed by atoms with Crippen LogP contribution in [0.4, 0.5) is 18.9 Å². The van der Waals surface area contributed by atoms with Gasteiger partial charge in [0.2, 0.25) is 0 Å². The summed E-state index contributed by atoms with van der Waals surface area (Å²) >= 11 is 0. The molecule has 0 bridgehead atoms. The monoisotopic (exact) mass is 455 g/mol. The topological polar surface area (TPSA) is 64.1 Å². The molecule has 1 aliphatic carbocycles. The standard InChI is InChI=1S/C25H24F3N3O2/c1-14-4-3-5-15(12-14)16-10-11-29-13-20(16)31-25(32)19-8-6-18(27)24(30-19)22-17(26)7-9-21(33-2)23(22)28/h6-11,13-15H,3-5,12H2,1-2H3,(H,31,32). The van der Waals surface area contributed by atoms with Crippen LogP contribution in [0, 0.1) is 23.4 Å². The van der Waals surface area contributed by atoms with Crippen molar-refractivity contribution in [1.82, 2.24) is 9.97 Å². The molecule has 2 unspecified atom stereocenters. The fourth-order valence-corrected chi connectivity index (χ4v) is 4.42. The van der Waals surface area contributed by atoms with Crippen LogP contribution in [0.25, 0.3) is 11.3 Å². The molecule has 2 aromatic heterocycles. The highest BCUT2D eigenvalue weighted by atomic mass is 19.1. The van der Waals surface area contributed by atoms with Crippen LogP contribution in [0.5, 0.6) is 5.75 Å². The van der Waals surface area contributed by atoms with Crippen molar-refractivity contribution in [2.24, 2.45) is 5.92 Å². The number of carbonyl (C=O) groups is 1. The number of methoxy groups -OCH3 is 1. The highest BCUT2D eigenvalue weighted by Crippen LogP contribution is 2.39. The van der Waals surface area contributed by atoms with Crippen LogP contribution in [-0.2, 0) is 0 Å². The lowest BCUT2D eigenvalue weighted by molar-refractivity contribution is 0.102. The van der Waals surface area contributed by atoms with E-state index in [2.05, 4.69) is 22.2 Å². The second-order valence-corrected chi connectivity index (χ2v) is 8.35. The van der Waals surface area contributed by atoms with E-state index in [4.69, 9.17) is 4.74 Å². The van der Waals surface area contributed by atoms with E-state index >= 15 is 0 Å². The molecule has 0 aliphatic heterocycles. The average molecular weight is 455 g/mol. The summed E-state index contributed by atoms with van der Waals surface area (Å²) in [5.74, 6) is -3.07. The fraction of sp³-hybridized carbons (Fsp3) is 0.320. The first kappa shape index (κ1) is 22.8. The van der Waals surface area contributed by atoms with E-state index in [0.717, 1.165) is 43.0 Å². The van der Waals surface area contributed by atoms with Gasteiger partial charge in [0.1, 0.15) is 23.0 Å². The maximum absolute atomic E-state index is 14.7. The SMILES string of the molecule is COc1ccc(F)c(-c2nc(C(=O)Nc3cnccc3C3CCCC(C)C3)ccc2F)c1F. The Morgan fingerprint density at radius 1 is 1.09 bits per heavy atom. The first-order valence-electron chi connectivity index (χ1n) is 10.8. The third-order valence-corrected chi connectivity index (χ3v) is 6.07. The number of anilines is 1. The molecule has 1 aliphatic rings. The summed E-state index contributed by atoms with van der Waals surface area (Å²) in [4.78, 5) is 21.0. The summed E-state index contributed by atoms with van der Waals surface area (Å²) in [5.41, 5.74) is 0.0498. The van der Waals surface area contributed by atoms with Gasteiger partial charge < -0.3 is 10.1 Å². The Kier molecular flexibility index (Phi) is 6.62. The molecule has 172 valence electrons. The fourth-order valence-electron chi connectivity index (χ4n) is 4.42. The molecule has 2 heterocycles. The maximum atomic E-state index is 14.7. The second kappa shape index (κ2) is 9.60. The van der Waals surface area contributed by atoms with Crippen LogP contribution < -0.4 is 10.1 Å². The minimum atomic E-state index is -1.09. The molecule has 0 saturated heterocycles. The van der Waals surface area contributed by atoms with Gasteiger partial charge in [0.05, 0.1) is 24.6 Å². The van der Waals surface area contributed by atoms with Crippen molar-refractivity contribution in [2.75, 3.05) is 12.4 Å². The van der Waals surface area contributed by atoms with Gasteiger partial charge in [0.15, 0.2) is 11.6 Å². The minimum absolute atomic E-state index is 0.181. The first-order valence-corrected chi connectivity index (χ1v) is 10.8. The normalized spacial score (nSPS) is 18.1. The number of pyridine rings is 2. The van der Waals surface area contributed by atoms with Gasteiger partial charge >= 0.3 is 0 Å². The molecule has 1 amide bonds. The molecule has 1 saturated carbocycles. The molecule has 0 spiro atoms. The number of ether oxygens (including phenoxy) is 1. The second-order valence-electron chi connectivity index (χ2n) is 8.35. The predicted molar refractivity (Wildman–Crippen MR) is 119 cm³/mol. The Balaban J connectivity index is 1.66. The van der Waals surface area contributed by atoms with Crippen LogP contribution in [0.2, 0.25) is 0 Å². The predicted octanol–water partition coefficient (Wildman–Crippen LogP) is 6.12. The van der Waals surface area contributed by atoms with Gasteiger partial charge in [-0.25, -0.2) is 18.2 Å². The number of aromatic nitrogens is 2. The summed E-state index contributed by atoms with van der Waals surface area (Å²) < 4.78 is 48.4. The van der Waals surface area contributed by atoms with Crippen molar-refractivity contribution in [3.05, 3.63) is 71.4 Å². The van der Waals surface area contributed by atoms with Crippen molar-refractivity contribution in [1.29, 1.82) is 0 Å². The molecule has 1 fully saturated rings. The van der Waals surface area contributed by atoms with Crippen molar-refractivity contribution >= 4 is 11.6 Å². The Morgan fingerprint density at radius 3 is 2.64 bits per heavy atom. The zero-order valence-electron chi connectivity index (χ0n) is 18.4. The third-order valence-electron chi connectivity index (χ3n) is 6.07. The zero-order valence-corrected chi connectivity index (χ0v) is 18.4. The highest BCUT2D eigenvalue weighted by molar-refractivity contribution is 6.03. The van der Waals surface area contributed by atoms with Gasteiger partial charge in [-0.1, -0.05) is 19.8 Å². The quantitative estimate of drug-likeness (QED) is 0.504. The molecule has 4 rings (SSSR count). The Bertz CT molecular complexity index is 1190. The summed E-state index contributed by atoms with van der Waals surface area (Å²) in [7, 11) is 1.21. The number of benzene rings is 1. The van der Waals surface area contributed by atoms with Crippen LogP contribution in [-0.4, -0.2) is 23.0 Å². The first-order chi connectivity index (χ1) is 15.9. The number of halogens is 3. The van der Waals surface area contributed by atoms with Crippen molar-refractivity contribution in [3.8, 4) is 17.0 Å². The van der Waals surface area contributed by atoms with E-state index in [1.807, 2.05) is 6.07 Å². The molecule has 2 atom stereocenters. The van der Waals surface area contributed by atoms with Gasteiger partial charge in [0, 0.05) is 6.20 Å². The van der Waals surface area contributed by atoms with E-state index in [1.54, 1.807) is 12.4 Å². The molecule has 5 nitrogen and oxygen atoms in total. The number of hydrogen-bond donors (Lipinski definition) is 1. The van der Waals surface area contributed by atoms with Crippen LogP contribution >= 0.6 is 0 Å². The lowest BCUT2D eigenvalue weighted by Gasteiger charge is -2.28. The zero-order chi connectivity index (χ0) is 23.5. The molecule has 3 aromatic rings. The van der Waals surface area contributed by atoms with Gasteiger partial charge in [-0.2, -0.15) is 0 Å². The van der Waals surface area contributed by atoms with E-state index in [1.165, 1.54) is 19.6 Å². The van der Waals surface area contributed by atoms with Gasteiger partial charge in [-0.15, -0.1) is 0 Å². The van der Waals surface area contributed by atoms with Gasteiger partial charge in [-0.3, -0.25) is 9.78 Å². The van der Waals surface area contributed by atoms with Crippen molar-refractivity contribution in [3.63, 3.8) is 0 Å². The number of rotatable bonds is 5. The molecular formula is C25H24F3N3O2. The number of nitrogens with zero attached hydrogens (tertiary/aromatic N) is 2. The number of hydrogen-bond acceptors (Lipinski definition) is 4. The smallest absolute Gasteiger partial charge is 0.274 e. The van der Waals surface area contributed by atoms with Gasteiger partial charge in [-0.05, 0) is 60.6 Å². The summed E-state index contributed by atoms with van der Waals surface area (Å²) in [6.45, 7) is 2.21. The molecule has 8 heteroatoms. The molecular weight excluding hydrogens is 431 g/mol. The summed E-state index contributed by atoms with van der Waals surface area (Å²) in [6.07, 6.45) is 7.58. The Labute approximate surface area is 190 Å². The van der Waals surface area contributed by atoms with Crippen LogP contribution in [0.15, 0.2) is 42.7 Å². The maximum Gasteiger partial charge on any atom is 0.274 e.